The lowest BCUT2D eigenvalue weighted by Crippen LogP contribution is -2.46. The zero-order valence-electron chi connectivity index (χ0n) is 15.4. The predicted octanol–water partition coefficient (Wildman–Crippen LogP) is 3.67. The first kappa shape index (κ1) is 17.4. The van der Waals surface area contributed by atoms with Gasteiger partial charge in [0.2, 0.25) is 0 Å². The van der Waals surface area contributed by atoms with Crippen molar-refractivity contribution in [3.8, 4) is 5.75 Å². The van der Waals surface area contributed by atoms with Crippen LogP contribution in [0.3, 0.4) is 0 Å². The van der Waals surface area contributed by atoms with Crippen LogP contribution in [-0.4, -0.2) is 48.6 Å². The highest BCUT2D eigenvalue weighted by molar-refractivity contribution is 5.97. The molecule has 1 aliphatic heterocycles. The number of aromatic nitrogens is 1. The number of aromatic amines is 1. The van der Waals surface area contributed by atoms with Gasteiger partial charge in [0.05, 0.1) is 18.8 Å². The first-order valence-corrected chi connectivity index (χ1v) is 9.09. The van der Waals surface area contributed by atoms with E-state index in [2.05, 4.69) is 16.8 Å². The van der Waals surface area contributed by atoms with Crippen LogP contribution in [0.5, 0.6) is 5.75 Å². The van der Waals surface area contributed by atoms with Crippen molar-refractivity contribution in [2.45, 2.75) is 13.0 Å². The molecule has 0 fully saturated rings. The number of halogens is 1. The summed E-state index contributed by atoms with van der Waals surface area (Å²) in [5.41, 5.74) is 2.28. The van der Waals surface area contributed by atoms with Gasteiger partial charge in [-0.3, -0.25) is 4.79 Å². The summed E-state index contributed by atoms with van der Waals surface area (Å²) in [7, 11) is 1.76. The molecule has 6 heteroatoms. The minimum Gasteiger partial charge on any atom is -0.485 e. The molecule has 140 valence electrons. The van der Waals surface area contributed by atoms with Crippen molar-refractivity contribution in [1.82, 2.24) is 9.88 Å². The third-order valence-electron chi connectivity index (χ3n) is 4.94. The molecular formula is C21H22FN3O2. The summed E-state index contributed by atoms with van der Waals surface area (Å²) in [5, 5.41) is 0.687. The summed E-state index contributed by atoms with van der Waals surface area (Å²) < 4.78 is 19.5. The number of fused-ring (bicyclic) bond motifs is 2. The van der Waals surface area contributed by atoms with Gasteiger partial charge >= 0.3 is 0 Å². The van der Waals surface area contributed by atoms with E-state index in [9.17, 15) is 9.18 Å². The van der Waals surface area contributed by atoms with Gasteiger partial charge < -0.3 is 19.5 Å². The van der Waals surface area contributed by atoms with Crippen LogP contribution in [0, 0.1) is 5.82 Å². The second-order valence-corrected chi connectivity index (χ2v) is 6.85. The maximum Gasteiger partial charge on any atom is 0.270 e. The van der Waals surface area contributed by atoms with Gasteiger partial charge in [-0.25, -0.2) is 4.39 Å². The van der Waals surface area contributed by atoms with Crippen LogP contribution >= 0.6 is 0 Å². The molecule has 0 saturated heterocycles. The Labute approximate surface area is 157 Å². The minimum absolute atomic E-state index is 0.115. The monoisotopic (exact) mass is 367 g/mol. The van der Waals surface area contributed by atoms with Crippen LogP contribution < -0.4 is 9.64 Å². The SMILES string of the molecule is CCN1C[C@@H](CN(C)C(=O)c2cc3cc(F)ccc3[nH]2)Oc2ccccc21. The van der Waals surface area contributed by atoms with Crippen LogP contribution in [-0.2, 0) is 0 Å². The molecule has 0 bridgehead atoms. The Kier molecular flexibility index (Phi) is 4.48. The average molecular weight is 367 g/mol. The van der Waals surface area contributed by atoms with Crippen LogP contribution in [0.2, 0.25) is 0 Å². The second kappa shape index (κ2) is 6.95. The number of nitrogens with one attached hydrogen (secondary N) is 1. The first-order valence-electron chi connectivity index (χ1n) is 9.09. The normalized spacial score (nSPS) is 16.1. The van der Waals surface area contributed by atoms with E-state index in [1.807, 2.05) is 24.3 Å². The van der Waals surface area contributed by atoms with Gasteiger partial charge in [0.1, 0.15) is 23.4 Å². The smallest absolute Gasteiger partial charge is 0.270 e. The molecular weight excluding hydrogens is 345 g/mol. The number of nitrogens with zero attached hydrogens (tertiary/aromatic N) is 2. The van der Waals surface area contributed by atoms with E-state index in [1.165, 1.54) is 12.1 Å². The summed E-state index contributed by atoms with van der Waals surface area (Å²) in [5.74, 6) is 0.387. The third kappa shape index (κ3) is 3.35. The van der Waals surface area contributed by atoms with E-state index >= 15 is 0 Å². The number of amides is 1. The second-order valence-electron chi connectivity index (χ2n) is 6.85. The van der Waals surface area contributed by atoms with Gasteiger partial charge in [0, 0.05) is 24.5 Å². The van der Waals surface area contributed by atoms with Crippen molar-refractivity contribution in [2.75, 3.05) is 31.6 Å². The summed E-state index contributed by atoms with van der Waals surface area (Å²) in [4.78, 5) is 19.8. The molecule has 1 amide bonds. The van der Waals surface area contributed by atoms with Gasteiger partial charge in [0.25, 0.3) is 5.91 Å². The van der Waals surface area contributed by atoms with E-state index in [4.69, 9.17) is 4.74 Å². The van der Waals surface area contributed by atoms with Gasteiger partial charge in [0.15, 0.2) is 0 Å². The lowest BCUT2D eigenvalue weighted by atomic mass is 10.1. The summed E-state index contributed by atoms with van der Waals surface area (Å²) in [6.45, 7) is 4.18. The fraction of sp³-hybridized carbons (Fsp3) is 0.286. The van der Waals surface area contributed by atoms with E-state index < -0.39 is 0 Å². The number of rotatable bonds is 4. The lowest BCUT2D eigenvalue weighted by Gasteiger charge is -2.37. The van der Waals surface area contributed by atoms with Crippen molar-refractivity contribution in [1.29, 1.82) is 0 Å². The van der Waals surface area contributed by atoms with Gasteiger partial charge in [-0.05, 0) is 43.3 Å². The van der Waals surface area contributed by atoms with Crippen LogP contribution in [0.15, 0.2) is 48.5 Å². The highest BCUT2D eigenvalue weighted by atomic mass is 19.1. The Morgan fingerprint density at radius 1 is 1.30 bits per heavy atom. The van der Waals surface area contributed by atoms with Crippen molar-refractivity contribution < 1.29 is 13.9 Å². The number of likely N-dealkylation sites (N-methyl/N-ethyl adjacent to an activating group) is 2. The molecule has 0 spiro atoms. The number of benzene rings is 2. The van der Waals surface area contributed by atoms with E-state index in [0.717, 1.165) is 30.0 Å². The number of hydrogen-bond donors (Lipinski definition) is 1. The van der Waals surface area contributed by atoms with Crippen molar-refractivity contribution >= 4 is 22.5 Å². The Bertz CT molecular complexity index is 984. The van der Waals surface area contributed by atoms with Gasteiger partial charge in [-0.1, -0.05) is 12.1 Å². The Morgan fingerprint density at radius 2 is 2.11 bits per heavy atom. The van der Waals surface area contributed by atoms with Crippen molar-refractivity contribution in [3.63, 3.8) is 0 Å². The summed E-state index contributed by atoms with van der Waals surface area (Å²) in [6.07, 6.45) is -0.115. The van der Waals surface area contributed by atoms with Crippen LogP contribution in [0.4, 0.5) is 10.1 Å². The van der Waals surface area contributed by atoms with Crippen molar-refractivity contribution in [2.24, 2.45) is 0 Å². The van der Waals surface area contributed by atoms with Gasteiger partial charge in [-0.2, -0.15) is 0 Å². The van der Waals surface area contributed by atoms with Crippen LogP contribution in [0.25, 0.3) is 10.9 Å². The fourth-order valence-corrected chi connectivity index (χ4v) is 3.59. The number of carbonyl (C=O) groups is 1. The highest BCUT2D eigenvalue weighted by Crippen LogP contribution is 2.33. The third-order valence-corrected chi connectivity index (χ3v) is 4.94. The molecule has 0 saturated carbocycles. The number of H-pyrrole nitrogens is 1. The summed E-state index contributed by atoms with van der Waals surface area (Å²) >= 11 is 0. The minimum atomic E-state index is -0.317. The summed E-state index contributed by atoms with van der Waals surface area (Å²) in [6, 6.07) is 14.1. The molecule has 0 radical (unpaired) electrons. The molecule has 4 rings (SSSR count). The molecule has 27 heavy (non-hydrogen) atoms. The quantitative estimate of drug-likeness (QED) is 0.765. The molecule has 1 aliphatic rings. The molecule has 2 heterocycles. The molecule has 5 nitrogen and oxygen atoms in total. The zero-order chi connectivity index (χ0) is 19.0. The molecule has 3 aromatic rings. The standard InChI is InChI=1S/C21H22FN3O2/c1-3-25-13-16(27-20-7-5-4-6-19(20)25)12-24(2)21(26)18-11-14-10-15(22)8-9-17(14)23-18/h4-11,16,23H,3,12-13H2,1-2H3/t16-/m1/s1. The van der Waals surface area contributed by atoms with E-state index in [0.29, 0.717) is 17.6 Å². The largest absolute Gasteiger partial charge is 0.485 e. The Hall–Kier alpha value is -3.02. The fourth-order valence-electron chi connectivity index (χ4n) is 3.59. The number of ether oxygens (including phenoxy) is 1. The first-order chi connectivity index (χ1) is 13.0. The van der Waals surface area contributed by atoms with Gasteiger partial charge in [-0.15, -0.1) is 0 Å². The average Bonchev–Trinajstić information content (AvgIpc) is 3.09. The maximum atomic E-state index is 13.4. The Balaban J connectivity index is 1.49. The molecule has 1 atom stereocenters. The number of para-hydroxylation sites is 2. The number of carbonyl (C=O) groups excluding carboxylic acids is 1. The predicted molar refractivity (Wildman–Crippen MR) is 104 cm³/mol. The van der Waals surface area contributed by atoms with E-state index in [-0.39, 0.29) is 17.8 Å². The number of anilines is 1. The van der Waals surface area contributed by atoms with E-state index in [1.54, 1.807) is 24.1 Å². The molecule has 1 aromatic heterocycles. The highest BCUT2D eigenvalue weighted by Gasteiger charge is 2.27. The molecule has 2 aromatic carbocycles. The number of hydrogen-bond acceptors (Lipinski definition) is 3. The maximum absolute atomic E-state index is 13.4. The molecule has 1 N–H and O–H groups in total. The zero-order valence-corrected chi connectivity index (χ0v) is 15.4. The van der Waals surface area contributed by atoms with Crippen molar-refractivity contribution in [3.05, 3.63) is 60.0 Å². The van der Waals surface area contributed by atoms with Crippen LogP contribution in [0.1, 0.15) is 17.4 Å². The molecule has 0 aliphatic carbocycles. The topological polar surface area (TPSA) is 48.6 Å². The molecule has 0 unspecified atom stereocenters. The Morgan fingerprint density at radius 3 is 2.93 bits per heavy atom. The lowest BCUT2D eigenvalue weighted by molar-refractivity contribution is 0.0705.